The molecule has 0 saturated carbocycles. The summed E-state index contributed by atoms with van der Waals surface area (Å²) in [6, 6.07) is 78.0. The van der Waals surface area contributed by atoms with Crippen LogP contribution in [0.4, 0.5) is 17.1 Å². The minimum atomic E-state index is 1.13. The lowest BCUT2D eigenvalue weighted by molar-refractivity contribution is 1.32. The first kappa shape index (κ1) is 34.0. The third-order valence-corrected chi connectivity index (χ3v) is 14.4. The van der Waals surface area contributed by atoms with Crippen molar-refractivity contribution in [3.8, 4) is 33.4 Å². The molecule has 0 saturated heterocycles. The van der Waals surface area contributed by atoms with Gasteiger partial charge in [-0.05, 0) is 85.3 Å². The topological polar surface area (TPSA) is 3.24 Å². The van der Waals surface area contributed by atoms with E-state index in [0.717, 1.165) is 5.69 Å². The normalized spacial score (nSPS) is 11.7. The van der Waals surface area contributed by atoms with Gasteiger partial charge in [-0.1, -0.05) is 182 Å². The van der Waals surface area contributed by atoms with Crippen LogP contribution < -0.4 is 4.90 Å². The number of hydrogen-bond donors (Lipinski definition) is 0. The molecule has 0 atom stereocenters. The predicted molar refractivity (Wildman–Crippen MR) is 258 cm³/mol. The number of thiophene rings is 2. The highest BCUT2D eigenvalue weighted by atomic mass is 32.1. The molecule has 12 aromatic rings. The van der Waals surface area contributed by atoms with Gasteiger partial charge in [0.15, 0.2) is 0 Å². The van der Waals surface area contributed by atoms with Gasteiger partial charge in [-0.3, -0.25) is 0 Å². The van der Waals surface area contributed by atoms with Gasteiger partial charge in [-0.25, -0.2) is 0 Å². The van der Waals surface area contributed by atoms with Crippen molar-refractivity contribution in [3.63, 3.8) is 0 Å². The van der Waals surface area contributed by atoms with Crippen molar-refractivity contribution in [2.24, 2.45) is 0 Å². The molecule has 2 heterocycles. The number of hydrogen-bond acceptors (Lipinski definition) is 3. The first-order valence-electron chi connectivity index (χ1n) is 20.1. The predicted octanol–water partition coefficient (Wildman–Crippen LogP) is 17.2. The van der Waals surface area contributed by atoms with Gasteiger partial charge in [0.1, 0.15) is 0 Å². The van der Waals surface area contributed by atoms with Gasteiger partial charge in [0.25, 0.3) is 0 Å². The maximum Gasteiger partial charge on any atom is 0.0640 e. The van der Waals surface area contributed by atoms with Crippen molar-refractivity contribution in [1.82, 2.24) is 0 Å². The highest BCUT2D eigenvalue weighted by Gasteiger charge is 2.24. The summed E-state index contributed by atoms with van der Waals surface area (Å²) < 4.78 is 5.19. The van der Waals surface area contributed by atoms with E-state index in [1.54, 1.807) is 0 Å². The highest BCUT2D eigenvalue weighted by molar-refractivity contribution is 7.27. The Morgan fingerprint density at radius 2 is 0.831 bits per heavy atom. The summed E-state index contributed by atoms with van der Waals surface area (Å²) in [7, 11) is 0. The molecule has 0 aliphatic rings. The number of rotatable bonds is 6. The van der Waals surface area contributed by atoms with Crippen molar-refractivity contribution in [3.05, 3.63) is 212 Å². The Labute approximate surface area is 350 Å². The van der Waals surface area contributed by atoms with Crippen LogP contribution in [0.15, 0.2) is 212 Å². The Kier molecular flexibility index (Phi) is 7.97. The molecule has 0 radical (unpaired) electrons. The number of benzene rings is 10. The smallest absolute Gasteiger partial charge is 0.0640 e. The molecule has 0 aliphatic heterocycles. The molecule has 1 nitrogen and oxygen atoms in total. The first-order chi connectivity index (χ1) is 29.3. The van der Waals surface area contributed by atoms with E-state index in [1.165, 1.54) is 107 Å². The van der Waals surface area contributed by atoms with Gasteiger partial charge in [-0.15, -0.1) is 22.7 Å². The van der Waals surface area contributed by atoms with Crippen LogP contribution in [0, 0.1) is 0 Å². The molecular weight excluding hydrogens is 751 g/mol. The van der Waals surface area contributed by atoms with Crippen molar-refractivity contribution < 1.29 is 0 Å². The summed E-state index contributed by atoms with van der Waals surface area (Å²) in [4.78, 5) is 2.52. The second-order valence-electron chi connectivity index (χ2n) is 15.2. The summed E-state index contributed by atoms with van der Waals surface area (Å²) in [5, 5.41) is 10.2. The maximum atomic E-state index is 2.52. The van der Waals surface area contributed by atoms with Crippen LogP contribution in [0.3, 0.4) is 0 Å². The number of fused-ring (bicyclic) bond motifs is 9. The molecule has 0 N–H and O–H groups in total. The van der Waals surface area contributed by atoms with Crippen molar-refractivity contribution in [2.75, 3.05) is 4.90 Å². The summed E-state index contributed by atoms with van der Waals surface area (Å²) >= 11 is 3.82. The lowest BCUT2D eigenvalue weighted by Crippen LogP contribution is -2.10. The monoisotopic (exact) mass is 785 g/mol. The fourth-order valence-corrected chi connectivity index (χ4v) is 11.7. The van der Waals surface area contributed by atoms with Gasteiger partial charge in [0.05, 0.1) is 20.8 Å². The molecule has 0 amide bonds. The summed E-state index contributed by atoms with van der Waals surface area (Å²) in [6.45, 7) is 0. The lowest BCUT2D eigenvalue weighted by atomic mass is 9.95. The van der Waals surface area contributed by atoms with Crippen LogP contribution in [0.1, 0.15) is 0 Å². The molecule has 59 heavy (non-hydrogen) atoms. The van der Waals surface area contributed by atoms with Crippen LogP contribution in [-0.4, -0.2) is 0 Å². The molecule has 0 fully saturated rings. The Morgan fingerprint density at radius 1 is 0.288 bits per heavy atom. The van der Waals surface area contributed by atoms with Gasteiger partial charge in [-0.2, -0.15) is 0 Å². The highest BCUT2D eigenvalue weighted by Crippen LogP contribution is 2.52. The fraction of sp³-hybridized carbons (Fsp3) is 0. The molecule has 12 rings (SSSR count). The Morgan fingerprint density at radius 3 is 1.59 bits per heavy atom. The van der Waals surface area contributed by atoms with Crippen LogP contribution in [-0.2, 0) is 0 Å². The third-order valence-electron chi connectivity index (χ3n) is 11.9. The zero-order chi connectivity index (χ0) is 38.9. The van der Waals surface area contributed by atoms with Crippen molar-refractivity contribution >= 4 is 102 Å². The molecule has 0 spiro atoms. The van der Waals surface area contributed by atoms with Gasteiger partial charge in [0.2, 0.25) is 0 Å². The second kappa shape index (κ2) is 13.8. The Bertz CT molecular complexity index is 3540. The third kappa shape index (κ3) is 5.58. The molecule has 0 bridgehead atoms. The van der Waals surface area contributed by atoms with Crippen LogP contribution in [0.5, 0.6) is 0 Å². The van der Waals surface area contributed by atoms with Gasteiger partial charge < -0.3 is 4.90 Å². The van der Waals surface area contributed by atoms with Crippen LogP contribution in [0.2, 0.25) is 0 Å². The van der Waals surface area contributed by atoms with E-state index in [4.69, 9.17) is 0 Å². The minimum Gasteiger partial charge on any atom is -0.308 e. The zero-order valence-electron chi connectivity index (χ0n) is 32.0. The number of nitrogens with zero attached hydrogens (tertiary/aromatic N) is 1. The van der Waals surface area contributed by atoms with Gasteiger partial charge in [0, 0.05) is 36.6 Å². The Balaban J connectivity index is 1.13. The van der Waals surface area contributed by atoms with Crippen LogP contribution in [0.25, 0.3) is 95.3 Å². The quantitative estimate of drug-likeness (QED) is 0.162. The van der Waals surface area contributed by atoms with E-state index in [2.05, 4.69) is 217 Å². The van der Waals surface area contributed by atoms with Crippen molar-refractivity contribution in [1.29, 1.82) is 0 Å². The lowest BCUT2D eigenvalue weighted by Gasteiger charge is -2.27. The number of anilines is 3. The SMILES string of the molecule is c1ccc(-c2ccc(-c3ccccc3)c3c2sc2c(N(c4ccc(-c5ccc6ccccc6c5)cc4)c4cccc5c4sc4c6ccccc6ccc54)cccc23)cc1. The summed E-state index contributed by atoms with van der Waals surface area (Å²) in [5.74, 6) is 0. The molecule has 2 aromatic heterocycles. The van der Waals surface area contributed by atoms with Crippen molar-refractivity contribution in [2.45, 2.75) is 0 Å². The zero-order valence-corrected chi connectivity index (χ0v) is 33.6. The Hall–Kier alpha value is -7.04. The minimum absolute atomic E-state index is 1.13. The van der Waals surface area contributed by atoms with E-state index >= 15 is 0 Å². The van der Waals surface area contributed by atoms with Gasteiger partial charge >= 0.3 is 0 Å². The van der Waals surface area contributed by atoms with E-state index in [-0.39, 0.29) is 0 Å². The van der Waals surface area contributed by atoms with E-state index in [1.807, 2.05) is 22.7 Å². The first-order valence-corrected chi connectivity index (χ1v) is 21.7. The standard InChI is InChI=1S/C56H35NS2/c1-3-14-38(15-4-1)44-33-34-46(39-16-5-2-6-17-39)56-52(44)49-22-12-24-51(55(49)59-56)57(43-30-27-37(28-31-43)42-26-25-36-13-7-8-19-41(36)35-42)50-23-11-21-47-48-32-29-40-18-9-10-20-45(40)53(48)58-54(47)50/h1-35H. The second-order valence-corrected chi connectivity index (χ2v) is 17.3. The summed E-state index contributed by atoms with van der Waals surface area (Å²) in [5.41, 5.74) is 10.9. The average Bonchev–Trinajstić information content (AvgIpc) is 3.90. The maximum absolute atomic E-state index is 2.52. The van der Waals surface area contributed by atoms with E-state index < -0.39 is 0 Å². The van der Waals surface area contributed by atoms with E-state index in [0.29, 0.717) is 0 Å². The summed E-state index contributed by atoms with van der Waals surface area (Å²) in [6.07, 6.45) is 0. The molecule has 276 valence electrons. The molecule has 10 aromatic carbocycles. The van der Waals surface area contributed by atoms with E-state index in [9.17, 15) is 0 Å². The van der Waals surface area contributed by atoms with Crippen LogP contribution >= 0.6 is 22.7 Å². The molecular formula is C56H35NS2. The molecule has 0 unspecified atom stereocenters. The largest absolute Gasteiger partial charge is 0.308 e. The average molecular weight is 786 g/mol. The molecule has 0 aliphatic carbocycles. The molecule has 3 heteroatoms. The fourth-order valence-electron chi connectivity index (χ4n) is 9.03.